The lowest BCUT2D eigenvalue weighted by Gasteiger charge is -2.29. The second-order valence-corrected chi connectivity index (χ2v) is 5.86. The smallest absolute Gasteiger partial charge is 0.136 e. The Bertz CT molecular complexity index is 309. The highest BCUT2D eigenvalue weighted by atomic mass is 32.2. The maximum Gasteiger partial charge on any atom is 0.136 e. The molecule has 0 fully saturated rings. The van der Waals surface area contributed by atoms with Crippen LogP contribution in [0.3, 0.4) is 0 Å². The minimum absolute atomic E-state index is 0.287. The predicted molar refractivity (Wildman–Crippen MR) is 61.8 cm³/mol. The molecular weight excluding hydrogens is 230 g/mol. The average molecular weight is 251 g/mol. The Morgan fingerprint density at radius 2 is 1.94 bits per heavy atom. The molecule has 0 saturated carbocycles. The Kier molecular flexibility index (Phi) is 6.62. The van der Waals surface area contributed by atoms with Gasteiger partial charge in [-0.15, -0.1) is 0 Å². The van der Waals surface area contributed by atoms with E-state index >= 15 is 0 Å². The Labute approximate surface area is 98.0 Å². The van der Waals surface area contributed by atoms with E-state index in [1.165, 1.54) is 0 Å². The highest BCUT2D eigenvalue weighted by Gasteiger charge is 2.14. The molecule has 0 aliphatic rings. The van der Waals surface area contributed by atoms with Crippen LogP contribution in [0.5, 0.6) is 0 Å². The quantitative estimate of drug-likeness (QED) is 0.273. The second-order valence-electron chi connectivity index (χ2n) is 4.34. The molecule has 6 heteroatoms. The van der Waals surface area contributed by atoms with Crippen LogP contribution in [0.4, 0.5) is 0 Å². The molecule has 0 aromatic rings. The van der Waals surface area contributed by atoms with Gasteiger partial charge in [0.15, 0.2) is 0 Å². The summed E-state index contributed by atoms with van der Waals surface area (Å²) in [7, 11) is -0.113. The van der Waals surface area contributed by atoms with Crippen molar-refractivity contribution in [3.8, 4) is 0 Å². The fraction of sp³-hybridized carbons (Fsp3) is 0.800. The van der Waals surface area contributed by atoms with Crippen molar-refractivity contribution in [1.82, 2.24) is 0 Å². The second kappa shape index (κ2) is 6.88. The Morgan fingerprint density at radius 3 is 2.44 bits per heavy atom. The van der Waals surface area contributed by atoms with Crippen molar-refractivity contribution in [3.05, 3.63) is 12.3 Å². The van der Waals surface area contributed by atoms with E-state index in [-0.39, 0.29) is 5.75 Å². The maximum absolute atomic E-state index is 10.4. The topological polar surface area (TPSA) is 66.4 Å². The van der Waals surface area contributed by atoms with E-state index < -0.39 is 10.1 Å². The molecule has 0 amide bonds. The fourth-order valence-corrected chi connectivity index (χ4v) is 1.73. The zero-order valence-electron chi connectivity index (χ0n) is 10.2. The number of quaternary nitrogens is 1. The number of nitrogens with zero attached hydrogens (tertiary/aromatic N) is 1. The molecule has 0 aromatic carbocycles. The van der Waals surface area contributed by atoms with E-state index in [2.05, 4.69) is 0 Å². The summed E-state index contributed by atoms with van der Waals surface area (Å²) in [5, 5.41) is 0. The summed E-state index contributed by atoms with van der Waals surface area (Å²) >= 11 is 0. The molecule has 0 aliphatic carbocycles. The molecule has 0 heterocycles. The monoisotopic (exact) mass is 251 g/mol. The zero-order chi connectivity index (χ0) is 12.7. The summed E-state index contributed by atoms with van der Waals surface area (Å²) in [6.45, 7) is 3.89. The summed E-state index contributed by atoms with van der Waals surface area (Å²) < 4.78 is 37.1. The Hall–Kier alpha value is -0.590. The third-order valence-electron chi connectivity index (χ3n) is 2.20. The van der Waals surface area contributed by atoms with Gasteiger partial charge in [-0.2, -0.15) is 0 Å². The van der Waals surface area contributed by atoms with Gasteiger partial charge < -0.3 is 13.8 Å². The van der Waals surface area contributed by atoms with E-state index in [9.17, 15) is 13.0 Å². The molecule has 0 spiro atoms. The molecule has 0 bridgehead atoms. The van der Waals surface area contributed by atoms with Crippen molar-refractivity contribution >= 4 is 10.1 Å². The standard InChI is InChI=1S/C10H21NO4S/c1-4-8-15-9-7-11(2,3)6-5-10-16(12,13)14/h4,8H,5-7,9-10H2,1-3H3. The number of ether oxygens (including phenoxy) is 1. The lowest BCUT2D eigenvalue weighted by atomic mass is 10.4. The highest BCUT2D eigenvalue weighted by molar-refractivity contribution is 7.85. The van der Waals surface area contributed by atoms with Crippen molar-refractivity contribution in [2.24, 2.45) is 0 Å². The minimum atomic E-state index is -4.08. The van der Waals surface area contributed by atoms with Gasteiger partial charge in [0.25, 0.3) is 0 Å². The molecule has 5 nitrogen and oxygen atoms in total. The van der Waals surface area contributed by atoms with Gasteiger partial charge in [-0.25, -0.2) is 8.42 Å². The van der Waals surface area contributed by atoms with Crippen molar-refractivity contribution in [2.75, 3.05) is 39.5 Å². The van der Waals surface area contributed by atoms with Crippen LogP contribution in [-0.4, -0.2) is 57.0 Å². The van der Waals surface area contributed by atoms with Gasteiger partial charge in [0.1, 0.15) is 13.2 Å². The average Bonchev–Trinajstić information content (AvgIpc) is 2.10. The normalized spacial score (nSPS) is 13.2. The molecule has 96 valence electrons. The molecule has 0 radical (unpaired) electrons. The maximum atomic E-state index is 10.4. The van der Waals surface area contributed by atoms with Crippen LogP contribution < -0.4 is 0 Å². The Balaban J connectivity index is 3.78. The van der Waals surface area contributed by atoms with Crippen LogP contribution >= 0.6 is 0 Å². The first kappa shape index (κ1) is 15.4. The van der Waals surface area contributed by atoms with Crippen molar-refractivity contribution in [3.63, 3.8) is 0 Å². The van der Waals surface area contributed by atoms with E-state index in [0.717, 1.165) is 6.54 Å². The molecule has 0 atom stereocenters. The summed E-state index contributed by atoms with van der Waals surface area (Å²) in [5.41, 5.74) is 0. The summed E-state index contributed by atoms with van der Waals surface area (Å²) in [5.74, 6) is -0.287. The number of allylic oxidation sites excluding steroid dienone is 1. The lowest BCUT2D eigenvalue weighted by Crippen LogP contribution is -2.43. The van der Waals surface area contributed by atoms with Crippen molar-refractivity contribution < 1.29 is 22.2 Å². The van der Waals surface area contributed by atoms with Gasteiger partial charge >= 0.3 is 0 Å². The fourth-order valence-electron chi connectivity index (χ4n) is 1.25. The first-order chi connectivity index (χ1) is 7.27. The molecule has 0 unspecified atom stereocenters. The molecule has 0 N–H and O–H groups in total. The SMILES string of the molecule is CC=COCC[N+](C)(C)CCCS(=O)(=O)[O-]. The number of likely N-dealkylation sites (N-methyl/N-ethyl adjacent to an activating group) is 1. The molecule has 16 heavy (non-hydrogen) atoms. The van der Waals surface area contributed by atoms with Crippen LogP contribution in [0.15, 0.2) is 12.3 Å². The Morgan fingerprint density at radius 1 is 1.31 bits per heavy atom. The first-order valence-electron chi connectivity index (χ1n) is 5.25. The van der Waals surface area contributed by atoms with E-state index in [1.54, 1.807) is 6.26 Å². The number of hydrogen-bond acceptors (Lipinski definition) is 4. The van der Waals surface area contributed by atoms with Gasteiger partial charge in [-0.1, -0.05) is 6.08 Å². The van der Waals surface area contributed by atoms with Gasteiger partial charge in [-0.05, 0) is 6.92 Å². The van der Waals surface area contributed by atoms with E-state index in [1.807, 2.05) is 27.1 Å². The summed E-state index contributed by atoms with van der Waals surface area (Å²) in [4.78, 5) is 0. The van der Waals surface area contributed by atoms with Crippen molar-refractivity contribution in [1.29, 1.82) is 0 Å². The molecule has 0 aromatic heterocycles. The third-order valence-corrected chi connectivity index (χ3v) is 2.99. The largest absolute Gasteiger partial charge is 0.748 e. The number of rotatable bonds is 8. The van der Waals surface area contributed by atoms with Crippen LogP contribution in [0.2, 0.25) is 0 Å². The van der Waals surface area contributed by atoms with Gasteiger partial charge in [0.05, 0.1) is 37.0 Å². The van der Waals surface area contributed by atoms with Gasteiger partial charge in [-0.3, -0.25) is 0 Å². The van der Waals surface area contributed by atoms with Crippen LogP contribution in [0.25, 0.3) is 0 Å². The number of hydrogen-bond donors (Lipinski definition) is 0. The highest BCUT2D eigenvalue weighted by Crippen LogP contribution is 2.01. The van der Waals surface area contributed by atoms with E-state index in [0.29, 0.717) is 24.1 Å². The molecule has 0 aliphatic heterocycles. The van der Waals surface area contributed by atoms with Crippen LogP contribution in [0, 0.1) is 0 Å². The summed E-state index contributed by atoms with van der Waals surface area (Å²) in [6, 6.07) is 0. The molecular formula is C10H21NO4S. The van der Waals surface area contributed by atoms with Crippen LogP contribution in [0.1, 0.15) is 13.3 Å². The zero-order valence-corrected chi connectivity index (χ0v) is 11.0. The predicted octanol–water partition coefficient (Wildman–Crippen LogP) is 0.548. The first-order valence-corrected chi connectivity index (χ1v) is 6.83. The van der Waals surface area contributed by atoms with Gasteiger partial charge in [0.2, 0.25) is 0 Å². The van der Waals surface area contributed by atoms with Crippen LogP contribution in [-0.2, 0) is 14.9 Å². The summed E-state index contributed by atoms with van der Waals surface area (Å²) in [6.07, 6.45) is 3.83. The lowest BCUT2D eigenvalue weighted by molar-refractivity contribution is -0.890. The van der Waals surface area contributed by atoms with E-state index in [4.69, 9.17) is 4.74 Å². The molecule has 0 saturated heterocycles. The minimum Gasteiger partial charge on any atom is -0.748 e. The third kappa shape index (κ3) is 9.95. The van der Waals surface area contributed by atoms with Crippen molar-refractivity contribution in [2.45, 2.75) is 13.3 Å². The van der Waals surface area contributed by atoms with Gasteiger partial charge in [0, 0.05) is 12.2 Å². The molecule has 0 rings (SSSR count).